The molecule has 0 radical (unpaired) electrons. The summed E-state index contributed by atoms with van der Waals surface area (Å²) in [7, 11) is 0. The van der Waals surface area contributed by atoms with Crippen molar-refractivity contribution in [1.29, 1.82) is 0 Å². The van der Waals surface area contributed by atoms with E-state index in [0.717, 1.165) is 18.2 Å². The third-order valence-electron chi connectivity index (χ3n) is 2.47. The van der Waals surface area contributed by atoms with Crippen molar-refractivity contribution in [3.63, 3.8) is 0 Å². The minimum absolute atomic E-state index is 0.0749. The highest BCUT2D eigenvalue weighted by Gasteiger charge is 2.09. The van der Waals surface area contributed by atoms with Crippen LogP contribution in [0.5, 0.6) is 0 Å². The smallest absolute Gasteiger partial charge is 0.144 e. The maximum atomic E-state index is 12.9. The van der Waals surface area contributed by atoms with Crippen LogP contribution in [0.2, 0.25) is 0 Å². The Bertz CT molecular complexity index is 620. The molecular formula is C14H11F4IO2. The van der Waals surface area contributed by atoms with Crippen molar-refractivity contribution in [2.24, 2.45) is 0 Å². The third kappa shape index (κ3) is 4.94. The van der Waals surface area contributed by atoms with E-state index < -0.39 is 36.5 Å². The lowest BCUT2D eigenvalue weighted by molar-refractivity contribution is 0.275. The van der Waals surface area contributed by atoms with Gasteiger partial charge in [-0.1, -0.05) is 12.1 Å². The lowest BCUT2D eigenvalue weighted by Gasteiger charge is -2.00. The summed E-state index contributed by atoms with van der Waals surface area (Å²) in [5, 5.41) is 17.0. The molecule has 0 saturated carbocycles. The molecule has 0 aliphatic carbocycles. The monoisotopic (exact) mass is 414 g/mol. The van der Waals surface area contributed by atoms with E-state index >= 15 is 0 Å². The molecule has 2 aromatic carbocycles. The van der Waals surface area contributed by atoms with Gasteiger partial charge in [0.05, 0.1) is 16.8 Å². The molecule has 114 valence electrons. The van der Waals surface area contributed by atoms with Gasteiger partial charge in [-0.25, -0.2) is 17.6 Å². The molecule has 0 spiro atoms. The summed E-state index contributed by atoms with van der Waals surface area (Å²) in [5.74, 6) is -2.61. The second kappa shape index (κ2) is 8.30. The lowest BCUT2D eigenvalue weighted by Crippen LogP contribution is -1.95. The molecule has 0 heterocycles. The summed E-state index contributed by atoms with van der Waals surface area (Å²) in [4.78, 5) is 0. The highest BCUT2D eigenvalue weighted by molar-refractivity contribution is 14.1. The first kappa shape index (κ1) is 17.9. The molecule has 0 fully saturated rings. The van der Waals surface area contributed by atoms with Crippen LogP contribution in [0.1, 0.15) is 11.1 Å². The summed E-state index contributed by atoms with van der Waals surface area (Å²) in [6.45, 7) is -0.797. The first-order chi connectivity index (χ1) is 9.90. The number of benzene rings is 2. The molecule has 0 aliphatic rings. The SMILES string of the molecule is OCc1ccc(F)c(I)c1F.OCc1ccc(F)cc1F. The Labute approximate surface area is 132 Å². The van der Waals surface area contributed by atoms with E-state index in [2.05, 4.69) is 0 Å². The van der Waals surface area contributed by atoms with Gasteiger partial charge in [-0.3, -0.25) is 0 Å². The van der Waals surface area contributed by atoms with E-state index in [9.17, 15) is 17.6 Å². The minimum Gasteiger partial charge on any atom is -0.392 e. The maximum absolute atomic E-state index is 12.9. The summed E-state index contributed by atoms with van der Waals surface area (Å²) < 4.78 is 50.0. The van der Waals surface area contributed by atoms with Crippen molar-refractivity contribution < 1.29 is 27.8 Å². The Hall–Kier alpha value is -1.19. The number of hydrogen-bond acceptors (Lipinski definition) is 2. The van der Waals surface area contributed by atoms with Crippen molar-refractivity contribution in [1.82, 2.24) is 0 Å². The van der Waals surface area contributed by atoms with Crippen LogP contribution < -0.4 is 0 Å². The largest absolute Gasteiger partial charge is 0.392 e. The Balaban J connectivity index is 0.000000211. The normalized spacial score (nSPS) is 10.0. The number of aliphatic hydroxyl groups excluding tert-OH is 2. The van der Waals surface area contributed by atoms with Crippen LogP contribution >= 0.6 is 22.6 Å². The summed E-state index contributed by atoms with van der Waals surface area (Å²) in [5.41, 5.74) is 0.234. The van der Waals surface area contributed by atoms with Crippen LogP contribution in [-0.2, 0) is 13.2 Å². The topological polar surface area (TPSA) is 40.5 Å². The van der Waals surface area contributed by atoms with Gasteiger partial charge in [0.15, 0.2) is 0 Å². The fraction of sp³-hybridized carbons (Fsp3) is 0.143. The van der Waals surface area contributed by atoms with Gasteiger partial charge in [0.2, 0.25) is 0 Å². The van der Waals surface area contributed by atoms with E-state index in [1.165, 1.54) is 12.1 Å². The second-order valence-corrected chi connectivity index (χ2v) is 4.97. The number of hydrogen-bond donors (Lipinski definition) is 2. The number of halogens is 5. The Morgan fingerprint density at radius 3 is 1.90 bits per heavy atom. The summed E-state index contributed by atoms with van der Waals surface area (Å²) in [6, 6.07) is 5.42. The van der Waals surface area contributed by atoms with E-state index in [-0.39, 0.29) is 14.7 Å². The predicted octanol–water partition coefficient (Wildman–Crippen LogP) is 3.52. The highest BCUT2D eigenvalue weighted by Crippen LogP contribution is 2.18. The predicted molar refractivity (Wildman–Crippen MR) is 77.3 cm³/mol. The third-order valence-corrected chi connectivity index (χ3v) is 3.46. The van der Waals surface area contributed by atoms with Crippen molar-refractivity contribution in [3.8, 4) is 0 Å². The molecule has 0 bridgehead atoms. The van der Waals surface area contributed by atoms with Gasteiger partial charge in [0.1, 0.15) is 23.3 Å². The van der Waals surface area contributed by atoms with Gasteiger partial charge >= 0.3 is 0 Å². The maximum Gasteiger partial charge on any atom is 0.144 e. The zero-order valence-corrected chi connectivity index (χ0v) is 12.7. The van der Waals surface area contributed by atoms with Crippen molar-refractivity contribution in [2.75, 3.05) is 0 Å². The zero-order valence-electron chi connectivity index (χ0n) is 10.6. The second-order valence-electron chi connectivity index (χ2n) is 3.89. The molecule has 0 atom stereocenters. The van der Waals surface area contributed by atoms with E-state index in [4.69, 9.17) is 10.2 Å². The van der Waals surface area contributed by atoms with Crippen LogP contribution in [0.3, 0.4) is 0 Å². The first-order valence-corrected chi connectivity index (χ1v) is 6.76. The average Bonchev–Trinajstić information content (AvgIpc) is 2.46. The van der Waals surface area contributed by atoms with Crippen LogP contribution in [-0.4, -0.2) is 10.2 Å². The Kier molecular flexibility index (Phi) is 7.06. The molecule has 2 nitrogen and oxygen atoms in total. The van der Waals surface area contributed by atoms with Crippen LogP contribution in [0, 0.1) is 26.8 Å². The van der Waals surface area contributed by atoms with Gasteiger partial charge in [-0.2, -0.15) is 0 Å². The summed E-state index contributed by atoms with van der Waals surface area (Å²) >= 11 is 1.56. The molecule has 0 amide bonds. The highest BCUT2D eigenvalue weighted by atomic mass is 127. The Morgan fingerprint density at radius 1 is 0.810 bits per heavy atom. The molecule has 0 unspecified atom stereocenters. The molecule has 2 rings (SSSR count). The van der Waals surface area contributed by atoms with Gasteiger partial charge in [-0.05, 0) is 34.7 Å². The van der Waals surface area contributed by atoms with Gasteiger partial charge in [0.25, 0.3) is 0 Å². The molecule has 2 aromatic rings. The quantitative estimate of drug-likeness (QED) is 0.449. The van der Waals surface area contributed by atoms with Gasteiger partial charge in [-0.15, -0.1) is 0 Å². The van der Waals surface area contributed by atoms with Gasteiger partial charge in [0, 0.05) is 17.2 Å². The summed E-state index contributed by atoms with van der Waals surface area (Å²) in [6.07, 6.45) is 0. The van der Waals surface area contributed by atoms with Crippen molar-refractivity contribution >= 4 is 22.6 Å². The van der Waals surface area contributed by atoms with Crippen molar-refractivity contribution in [3.05, 3.63) is 68.3 Å². The lowest BCUT2D eigenvalue weighted by atomic mass is 10.2. The van der Waals surface area contributed by atoms with Crippen molar-refractivity contribution in [2.45, 2.75) is 13.2 Å². The molecule has 7 heteroatoms. The van der Waals surface area contributed by atoms with Crippen LogP contribution in [0.15, 0.2) is 30.3 Å². The van der Waals surface area contributed by atoms with E-state index in [1.54, 1.807) is 22.6 Å². The average molecular weight is 414 g/mol. The molecule has 0 aromatic heterocycles. The molecule has 0 aliphatic heterocycles. The van der Waals surface area contributed by atoms with Crippen LogP contribution in [0.4, 0.5) is 17.6 Å². The molecular weight excluding hydrogens is 403 g/mol. The number of aliphatic hydroxyl groups is 2. The fourth-order valence-corrected chi connectivity index (χ4v) is 1.86. The van der Waals surface area contributed by atoms with Gasteiger partial charge < -0.3 is 10.2 Å². The fourth-order valence-electron chi connectivity index (χ4n) is 1.34. The number of rotatable bonds is 2. The standard InChI is InChI=1S/C7H5F2IO.C7H6F2O/c8-5-2-1-4(3-11)6(9)7(5)10;8-6-2-1-5(4-10)7(9)3-6/h1-2,11H,3H2;1-3,10H,4H2. The minimum atomic E-state index is -0.706. The first-order valence-electron chi connectivity index (χ1n) is 5.68. The van der Waals surface area contributed by atoms with Crippen LogP contribution in [0.25, 0.3) is 0 Å². The van der Waals surface area contributed by atoms with E-state index in [1.807, 2.05) is 0 Å². The van der Waals surface area contributed by atoms with E-state index in [0.29, 0.717) is 0 Å². The zero-order chi connectivity index (χ0) is 16.0. The molecule has 2 N–H and O–H groups in total. The molecule has 0 saturated heterocycles. The molecule has 21 heavy (non-hydrogen) atoms. The Morgan fingerprint density at radius 2 is 1.38 bits per heavy atom.